The zero-order chi connectivity index (χ0) is 18.1. The number of fused-ring (bicyclic) bond motifs is 1. The Morgan fingerprint density at radius 1 is 1.04 bits per heavy atom. The lowest BCUT2D eigenvalue weighted by atomic mass is 10.2. The van der Waals surface area contributed by atoms with Crippen LogP contribution in [-0.2, 0) is 0 Å². The van der Waals surface area contributed by atoms with Crippen molar-refractivity contribution in [3.63, 3.8) is 0 Å². The monoisotopic (exact) mass is 369 g/mol. The molecule has 2 N–H and O–H groups in total. The van der Waals surface area contributed by atoms with Gasteiger partial charge < -0.3 is 10.3 Å². The van der Waals surface area contributed by atoms with Gasteiger partial charge in [-0.1, -0.05) is 0 Å². The summed E-state index contributed by atoms with van der Waals surface area (Å²) in [5.41, 5.74) is 1.53. The van der Waals surface area contributed by atoms with Crippen LogP contribution < -0.4 is 5.32 Å². The lowest BCUT2D eigenvalue weighted by Gasteiger charge is -2.05. The highest BCUT2D eigenvalue weighted by molar-refractivity contribution is 7.97. The normalized spacial score (nSPS) is 11.0. The summed E-state index contributed by atoms with van der Waals surface area (Å²) in [6, 6.07) is 12.6. The first-order valence-corrected chi connectivity index (χ1v) is 8.55. The van der Waals surface area contributed by atoms with Crippen molar-refractivity contribution in [3.8, 4) is 0 Å². The highest BCUT2D eigenvalue weighted by Crippen LogP contribution is 2.25. The summed E-state index contributed by atoms with van der Waals surface area (Å²) in [5, 5.41) is 3.60. The molecule has 0 unspecified atom stereocenters. The molecule has 0 aliphatic carbocycles. The number of carbonyl (C=O) groups is 1. The van der Waals surface area contributed by atoms with Crippen LogP contribution in [0, 0.1) is 11.6 Å². The van der Waals surface area contributed by atoms with Gasteiger partial charge in [-0.25, -0.2) is 8.78 Å². The van der Waals surface area contributed by atoms with Crippen molar-refractivity contribution in [1.82, 2.24) is 8.96 Å². The van der Waals surface area contributed by atoms with Gasteiger partial charge in [-0.05, 0) is 54.4 Å². The summed E-state index contributed by atoms with van der Waals surface area (Å²) in [4.78, 5) is 16.4. The third-order valence-electron chi connectivity index (χ3n) is 3.79. The van der Waals surface area contributed by atoms with Crippen LogP contribution in [0.15, 0.2) is 72.0 Å². The number of hydrogen-bond acceptors (Lipinski definition) is 2. The zero-order valence-electron chi connectivity index (χ0n) is 13.4. The molecule has 0 saturated carbocycles. The van der Waals surface area contributed by atoms with E-state index in [1.807, 2.05) is 30.5 Å². The van der Waals surface area contributed by atoms with Crippen molar-refractivity contribution >= 4 is 34.4 Å². The van der Waals surface area contributed by atoms with E-state index in [1.165, 1.54) is 11.9 Å². The molecule has 0 saturated heterocycles. The Bertz CT molecular complexity index is 1080. The molecular weight excluding hydrogens is 356 g/mol. The minimum Gasteiger partial charge on any atom is -0.361 e. The Balaban J connectivity index is 1.48. The van der Waals surface area contributed by atoms with E-state index in [0.717, 1.165) is 34.0 Å². The van der Waals surface area contributed by atoms with Crippen LogP contribution in [0.3, 0.4) is 0 Å². The second-order valence-electron chi connectivity index (χ2n) is 5.69. The number of H-pyrrole nitrogens is 1. The van der Waals surface area contributed by atoms with Crippen molar-refractivity contribution < 1.29 is 13.6 Å². The van der Waals surface area contributed by atoms with E-state index in [0.29, 0.717) is 5.56 Å². The number of nitrogens with one attached hydrogen (secondary N) is 2. The molecule has 130 valence electrons. The molecule has 0 fully saturated rings. The molecule has 4 rings (SSSR count). The van der Waals surface area contributed by atoms with Gasteiger partial charge in [0.25, 0.3) is 5.91 Å². The second-order valence-corrected chi connectivity index (χ2v) is 6.77. The Morgan fingerprint density at radius 2 is 1.85 bits per heavy atom. The van der Waals surface area contributed by atoms with Gasteiger partial charge in [0, 0.05) is 46.1 Å². The number of anilines is 1. The molecule has 0 aliphatic rings. The number of rotatable bonds is 4. The van der Waals surface area contributed by atoms with Crippen molar-refractivity contribution in [1.29, 1.82) is 0 Å². The molecular formula is C19H13F2N3OS. The molecule has 0 spiro atoms. The maximum Gasteiger partial charge on any atom is 0.257 e. The first-order chi connectivity index (χ1) is 12.6. The largest absolute Gasteiger partial charge is 0.361 e. The van der Waals surface area contributed by atoms with Gasteiger partial charge in [0.2, 0.25) is 0 Å². The molecule has 2 aromatic carbocycles. The van der Waals surface area contributed by atoms with E-state index in [-0.39, 0.29) is 5.69 Å². The van der Waals surface area contributed by atoms with Crippen LogP contribution >= 0.6 is 11.9 Å². The smallest absolute Gasteiger partial charge is 0.257 e. The molecule has 0 radical (unpaired) electrons. The lowest BCUT2D eigenvalue weighted by Crippen LogP contribution is -2.11. The minimum atomic E-state index is -0.742. The van der Waals surface area contributed by atoms with Crippen molar-refractivity contribution in [3.05, 3.63) is 84.3 Å². The molecule has 4 nitrogen and oxygen atoms in total. The topological polar surface area (TPSA) is 49.8 Å². The summed E-state index contributed by atoms with van der Waals surface area (Å²) >= 11 is 1.46. The number of benzene rings is 2. The third kappa shape index (κ3) is 3.48. The van der Waals surface area contributed by atoms with Crippen molar-refractivity contribution in [2.45, 2.75) is 4.90 Å². The fourth-order valence-corrected chi connectivity index (χ4v) is 3.45. The van der Waals surface area contributed by atoms with E-state index in [1.54, 1.807) is 22.4 Å². The van der Waals surface area contributed by atoms with Crippen LogP contribution in [0.5, 0.6) is 0 Å². The Morgan fingerprint density at radius 3 is 2.65 bits per heavy atom. The van der Waals surface area contributed by atoms with Crippen molar-refractivity contribution in [2.75, 3.05) is 5.32 Å². The molecule has 2 heterocycles. The molecule has 7 heteroatoms. The van der Waals surface area contributed by atoms with Gasteiger partial charge in [0.1, 0.15) is 11.6 Å². The van der Waals surface area contributed by atoms with Gasteiger partial charge in [-0.3, -0.25) is 8.77 Å². The molecule has 2 aromatic heterocycles. The SMILES string of the molecule is O=C(Nc1cc(F)cc(F)c1)c1ccn(Sc2ccc3[nH]ccc3c2)c1. The molecule has 1 amide bonds. The average molecular weight is 369 g/mol. The van der Waals surface area contributed by atoms with E-state index in [9.17, 15) is 13.6 Å². The first kappa shape index (κ1) is 16.4. The quantitative estimate of drug-likeness (QED) is 0.529. The standard InChI is InChI=1S/C19H13F2N3OS/c20-14-8-15(21)10-16(9-14)23-19(25)13-4-6-24(11-13)26-17-1-2-18-12(7-17)3-5-22-18/h1-11,22H,(H,23,25). The molecule has 0 atom stereocenters. The summed E-state index contributed by atoms with van der Waals surface area (Å²) in [5.74, 6) is -1.92. The maximum absolute atomic E-state index is 13.2. The molecule has 0 bridgehead atoms. The number of nitrogens with zero attached hydrogens (tertiary/aromatic N) is 1. The van der Waals surface area contributed by atoms with Gasteiger partial charge in [0.05, 0.1) is 5.56 Å². The van der Waals surface area contributed by atoms with Crippen molar-refractivity contribution in [2.24, 2.45) is 0 Å². The molecule has 0 aliphatic heterocycles. The van der Waals surface area contributed by atoms with E-state index < -0.39 is 17.5 Å². The third-order valence-corrected chi connectivity index (χ3v) is 4.69. The fraction of sp³-hybridized carbons (Fsp3) is 0. The van der Waals surface area contributed by atoms with Gasteiger partial charge >= 0.3 is 0 Å². The Hall–Kier alpha value is -3.06. The molecule has 26 heavy (non-hydrogen) atoms. The predicted octanol–water partition coefficient (Wildman–Crippen LogP) is 5.06. The van der Waals surface area contributed by atoms with E-state index in [2.05, 4.69) is 10.3 Å². The Labute approximate surface area is 152 Å². The van der Waals surface area contributed by atoms with Gasteiger partial charge in [0.15, 0.2) is 0 Å². The van der Waals surface area contributed by atoms with Crippen LogP contribution in [0.4, 0.5) is 14.5 Å². The highest BCUT2D eigenvalue weighted by Gasteiger charge is 2.10. The fourth-order valence-electron chi connectivity index (χ4n) is 2.61. The number of halogens is 2. The summed E-state index contributed by atoms with van der Waals surface area (Å²) in [7, 11) is 0. The number of carbonyl (C=O) groups excluding carboxylic acids is 1. The van der Waals surface area contributed by atoms with Crippen LogP contribution in [0.2, 0.25) is 0 Å². The summed E-state index contributed by atoms with van der Waals surface area (Å²) < 4.78 is 28.2. The van der Waals surface area contributed by atoms with Gasteiger partial charge in [-0.15, -0.1) is 0 Å². The number of amides is 1. The van der Waals surface area contributed by atoms with Crippen LogP contribution in [0.1, 0.15) is 10.4 Å². The number of aromatic amines is 1. The average Bonchev–Trinajstić information content (AvgIpc) is 3.22. The number of aromatic nitrogens is 2. The summed E-state index contributed by atoms with van der Waals surface area (Å²) in [6.45, 7) is 0. The second kappa shape index (κ2) is 6.68. The van der Waals surface area contributed by atoms with Gasteiger partial charge in [-0.2, -0.15) is 0 Å². The molecule has 4 aromatic rings. The van der Waals surface area contributed by atoms with Crippen LogP contribution in [-0.4, -0.2) is 14.9 Å². The van der Waals surface area contributed by atoms with E-state index >= 15 is 0 Å². The predicted molar refractivity (Wildman–Crippen MR) is 98.3 cm³/mol. The first-order valence-electron chi connectivity index (χ1n) is 7.78. The minimum absolute atomic E-state index is 0.0748. The van der Waals surface area contributed by atoms with E-state index in [4.69, 9.17) is 0 Å². The lowest BCUT2D eigenvalue weighted by molar-refractivity contribution is 0.102. The zero-order valence-corrected chi connectivity index (χ0v) is 14.2. The Kier molecular flexibility index (Phi) is 4.22. The number of hydrogen-bond donors (Lipinski definition) is 2. The highest BCUT2D eigenvalue weighted by atomic mass is 32.2. The maximum atomic E-state index is 13.2. The van der Waals surface area contributed by atoms with Crippen LogP contribution in [0.25, 0.3) is 10.9 Å². The summed E-state index contributed by atoms with van der Waals surface area (Å²) in [6.07, 6.45) is 5.30.